The van der Waals surface area contributed by atoms with Crippen LogP contribution in [0.3, 0.4) is 0 Å². The maximum Gasteiger partial charge on any atom is 0.320 e. The molecule has 41 heavy (non-hydrogen) atoms. The van der Waals surface area contributed by atoms with Crippen molar-refractivity contribution in [2.45, 2.75) is 90.4 Å². The van der Waals surface area contributed by atoms with Gasteiger partial charge in [-0.15, -0.1) is 0 Å². The Balaban J connectivity index is 1.29. The van der Waals surface area contributed by atoms with Crippen molar-refractivity contribution in [3.8, 4) is 5.75 Å². The van der Waals surface area contributed by atoms with Gasteiger partial charge in [0.05, 0.1) is 6.20 Å². The van der Waals surface area contributed by atoms with Crippen LogP contribution in [0.4, 0.5) is 16.3 Å². The predicted molar refractivity (Wildman–Crippen MR) is 159 cm³/mol. The standard InChI is InChI=1S/C31H42N6O4/c1-29(2,3)25-15-26(36-41-25)35-28(39)33-18-20-10-9-11-21(14-20)34-27(38)24-13-12-22(19-32-24)40-23-16-30(4,5)37(8)31(6,7)17-23/h9-15,19,23H,16-18H2,1-8H3,(H,34,38)(H2,33,35,36,39). The molecule has 1 aliphatic heterocycles. The third-order valence-electron chi connectivity index (χ3n) is 7.67. The van der Waals surface area contributed by atoms with Crippen LogP contribution >= 0.6 is 0 Å². The number of nitrogens with zero attached hydrogens (tertiary/aromatic N) is 3. The molecule has 0 aliphatic carbocycles. The topological polar surface area (TPSA) is 122 Å². The molecule has 10 nitrogen and oxygen atoms in total. The van der Waals surface area contributed by atoms with Crippen LogP contribution in [-0.4, -0.2) is 51.2 Å². The fraction of sp³-hybridized carbons (Fsp3) is 0.484. The quantitative estimate of drug-likeness (QED) is 0.324. The molecule has 2 aromatic heterocycles. The van der Waals surface area contributed by atoms with Crippen LogP contribution in [0.2, 0.25) is 0 Å². The zero-order valence-corrected chi connectivity index (χ0v) is 25.3. The molecule has 4 rings (SSSR count). The summed E-state index contributed by atoms with van der Waals surface area (Å²) in [5, 5.41) is 12.2. The van der Waals surface area contributed by atoms with Crippen molar-refractivity contribution >= 4 is 23.4 Å². The Hall–Kier alpha value is -3.92. The summed E-state index contributed by atoms with van der Waals surface area (Å²) in [5.74, 6) is 1.34. The van der Waals surface area contributed by atoms with E-state index >= 15 is 0 Å². The molecular weight excluding hydrogens is 520 g/mol. The van der Waals surface area contributed by atoms with Gasteiger partial charge in [-0.05, 0) is 64.6 Å². The summed E-state index contributed by atoms with van der Waals surface area (Å²) in [7, 11) is 2.16. The number of piperidine rings is 1. The highest BCUT2D eigenvalue weighted by Crippen LogP contribution is 2.38. The van der Waals surface area contributed by atoms with E-state index in [4.69, 9.17) is 9.26 Å². The Labute approximate surface area is 242 Å². The van der Waals surface area contributed by atoms with Crippen molar-refractivity contribution in [2.24, 2.45) is 0 Å². The predicted octanol–water partition coefficient (Wildman–Crippen LogP) is 5.97. The Bertz CT molecular complexity index is 1360. The maximum atomic E-state index is 12.9. The molecule has 0 unspecified atom stereocenters. The second kappa shape index (κ2) is 11.5. The van der Waals surface area contributed by atoms with Crippen LogP contribution in [0, 0.1) is 0 Å². The zero-order valence-electron chi connectivity index (χ0n) is 25.3. The largest absolute Gasteiger partial charge is 0.489 e. The Morgan fingerprint density at radius 2 is 1.76 bits per heavy atom. The van der Waals surface area contributed by atoms with Crippen molar-refractivity contribution in [1.29, 1.82) is 0 Å². The third-order valence-corrected chi connectivity index (χ3v) is 7.67. The third kappa shape index (κ3) is 7.64. The average molecular weight is 563 g/mol. The van der Waals surface area contributed by atoms with Crippen molar-refractivity contribution in [2.75, 3.05) is 17.7 Å². The number of carbonyl (C=O) groups excluding carboxylic acids is 2. The highest BCUT2D eigenvalue weighted by Gasteiger charge is 2.44. The van der Waals surface area contributed by atoms with E-state index in [1.54, 1.807) is 36.5 Å². The molecule has 1 aliphatic rings. The smallest absolute Gasteiger partial charge is 0.320 e. The number of benzene rings is 1. The van der Waals surface area contributed by atoms with Gasteiger partial charge in [-0.1, -0.05) is 38.1 Å². The van der Waals surface area contributed by atoms with Gasteiger partial charge in [-0.3, -0.25) is 15.0 Å². The molecule has 1 fully saturated rings. The number of pyridine rings is 1. The number of urea groups is 1. The summed E-state index contributed by atoms with van der Waals surface area (Å²) in [4.78, 5) is 31.9. The van der Waals surface area contributed by atoms with Gasteiger partial charge in [0, 0.05) is 47.6 Å². The fourth-order valence-corrected chi connectivity index (χ4v) is 5.12. The van der Waals surface area contributed by atoms with Crippen LogP contribution in [0.15, 0.2) is 53.2 Å². The maximum absolute atomic E-state index is 12.9. The molecule has 1 aromatic carbocycles. The Morgan fingerprint density at radius 3 is 2.37 bits per heavy atom. The molecule has 0 bridgehead atoms. The van der Waals surface area contributed by atoms with Crippen LogP contribution in [-0.2, 0) is 12.0 Å². The van der Waals surface area contributed by atoms with Crippen molar-refractivity contribution in [3.63, 3.8) is 0 Å². The van der Waals surface area contributed by atoms with Gasteiger partial charge in [-0.2, -0.15) is 0 Å². The summed E-state index contributed by atoms with van der Waals surface area (Å²) in [6.45, 7) is 15.2. The Kier molecular flexibility index (Phi) is 8.44. The van der Waals surface area contributed by atoms with E-state index in [1.165, 1.54) is 0 Å². The first-order chi connectivity index (χ1) is 19.1. The lowest BCUT2D eigenvalue weighted by molar-refractivity contribution is -0.0557. The minimum absolute atomic E-state index is 0.0146. The number of aromatic nitrogens is 2. The first-order valence-electron chi connectivity index (χ1n) is 13.9. The van der Waals surface area contributed by atoms with Crippen molar-refractivity contribution < 1.29 is 18.8 Å². The molecule has 0 atom stereocenters. The monoisotopic (exact) mass is 562 g/mol. The molecular formula is C31H42N6O4. The number of rotatable bonds is 7. The highest BCUT2D eigenvalue weighted by molar-refractivity contribution is 6.02. The van der Waals surface area contributed by atoms with Gasteiger partial charge < -0.3 is 19.9 Å². The summed E-state index contributed by atoms with van der Waals surface area (Å²) in [6, 6.07) is 12.0. The minimum Gasteiger partial charge on any atom is -0.489 e. The molecule has 3 aromatic rings. The van der Waals surface area contributed by atoms with Crippen molar-refractivity contribution in [3.05, 3.63) is 65.7 Å². The first kappa shape index (κ1) is 30.0. The second-order valence-corrected chi connectivity index (χ2v) is 13.0. The molecule has 0 spiro atoms. The lowest BCUT2D eigenvalue weighted by atomic mass is 9.79. The van der Waals surface area contributed by atoms with Gasteiger partial charge in [0.15, 0.2) is 5.82 Å². The zero-order chi connectivity index (χ0) is 30.0. The number of hydrogen-bond acceptors (Lipinski definition) is 7. The summed E-state index contributed by atoms with van der Waals surface area (Å²) >= 11 is 0. The van der Waals surface area contributed by atoms with Crippen LogP contribution in [0.25, 0.3) is 0 Å². The highest BCUT2D eigenvalue weighted by atomic mass is 16.5. The molecule has 220 valence electrons. The van der Waals surface area contributed by atoms with E-state index in [2.05, 4.69) is 65.7 Å². The van der Waals surface area contributed by atoms with Crippen LogP contribution < -0.4 is 20.7 Å². The van der Waals surface area contributed by atoms with Gasteiger partial charge in [0.2, 0.25) is 0 Å². The molecule has 0 radical (unpaired) electrons. The normalized spacial score (nSPS) is 17.1. The molecule has 3 amide bonds. The first-order valence-corrected chi connectivity index (χ1v) is 13.9. The van der Waals surface area contributed by atoms with Crippen LogP contribution in [0.5, 0.6) is 5.75 Å². The Morgan fingerprint density at radius 1 is 1.05 bits per heavy atom. The van der Waals surface area contributed by atoms with Crippen molar-refractivity contribution in [1.82, 2.24) is 20.4 Å². The van der Waals surface area contributed by atoms with Gasteiger partial charge in [0.25, 0.3) is 5.91 Å². The van der Waals surface area contributed by atoms with Gasteiger partial charge in [0.1, 0.15) is 23.3 Å². The minimum atomic E-state index is -0.410. The molecule has 1 saturated heterocycles. The lowest BCUT2D eigenvalue weighted by Crippen LogP contribution is -2.60. The molecule has 3 N–H and O–H groups in total. The lowest BCUT2D eigenvalue weighted by Gasteiger charge is -2.53. The van der Waals surface area contributed by atoms with Crippen LogP contribution in [0.1, 0.15) is 83.1 Å². The van der Waals surface area contributed by atoms with E-state index in [1.807, 2.05) is 32.9 Å². The number of carbonyl (C=O) groups is 2. The van der Waals surface area contributed by atoms with E-state index in [9.17, 15) is 9.59 Å². The van der Waals surface area contributed by atoms with Gasteiger partial charge >= 0.3 is 6.03 Å². The molecule has 10 heteroatoms. The number of amides is 3. The van der Waals surface area contributed by atoms with Gasteiger partial charge in [-0.25, -0.2) is 9.78 Å². The molecule has 3 heterocycles. The SMILES string of the molecule is CN1C(C)(C)CC(Oc2ccc(C(=O)Nc3cccc(CNC(=O)Nc4cc(C(C)(C)C)on4)c3)nc2)CC1(C)C. The summed E-state index contributed by atoms with van der Waals surface area (Å²) in [6.07, 6.45) is 3.47. The van der Waals surface area contributed by atoms with E-state index in [0.29, 0.717) is 23.0 Å². The number of likely N-dealkylation sites (tertiary alicyclic amines) is 1. The number of ether oxygens (including phenoxy) is 1. The summed E-state index contributed by atoms with van der Waals surface area (Å²) in [5.41, 5.74) is 1.52. The average Bonchev–Trinajstić information content (AvgIpc) is 3.35. The second-order valence-electron chi connectivity index (χ2n) is 13.0. The molecule has 0 saturated carbocycles. The van der Waals surface area contributed by atoms with E-state index in [-0.39, 0.29) is 40.7 Å². The number of nitrogens with one attached hydrogen (secondary N) is 3. The summed E-state index contributed by atoms with van der Waals surface area (Å²) < 4.78 is 11.6. The van der Waals surface area contributed by atoms with E-state index in [0.717, 1.165) is 18.4 Å². The number of anilines is 2. The fourth-order valence-electron chi connectivity index (χ4n) is 5.12. The van der Waals surface area contributed by atoms with E-state index < -0.39 is 6.03 Å². The number of hydrogen-bond donors (Lipinski definition) is 3.